The molecular formula is C22H26F3N3O4S. The van der Waals surface area contributed by atoms with Gasteiger partial charge in [0.2, 0.25) is 10.0 Å². The largest absolute Gasteiger partial charge is 0.405 e. The van der Waals surface area contributed by atoms with Gasteiger partial charge in [0.1, 0.15) is 6.54 Å². The van der Waals surface area contributed by atoms with Gasteiger partial charge in [0.05, 0.1) is 18.1 Å². The number of morpholine rings is 1. The fourth-order valence-corrected chi connectivity index (χ4v) is 4.94. The van der Waals surface area contributed by atoms with Gasteiger partial charge in [0.15, 0.2) is 0 Å². The molecule has 1 saturated heterocycles. The molecule has 1 amide bonds. The minimum Gasteiger partial charge on any atom is -0.379 e. The molecule has 33 heavy (non-hydrogen) atoms. The zero-order valence-corrected chi connectivity index (χ0v) is 19.0. The SMILES string of the molecule is CN(Cc1ccc(C(=O)NCC(F)(F)F)cc1)Cc1cccc(S(=O)(=O)N2CCOCC2)c1. The quantitative estimate of drug-likeness (QED) is 0.622. The second-order valence-electron chi connectivity index (χ2n) is 7.83. The molecule has 0 aliphatic carbocycles. The predicted octanol–water partition coefficient (Wildman–Crippen LogP) is 2.63. The number of halogens is 3. The van der Waals surface area contributed by atoms with E-state index in [0.29, 0.717) is 39.4 Å². The zero-order valence-electron chi connectivity index (χ0n) is 18.1. The Labute approximate surface area is 191 Å². The first-order chi connectivity index (χ1) is 15.5. The summed E-state index contributed by atoms with van der Waals surface area (Å²) in [6.45, 7) is 1.03. The molecule has 3 rings (SSSR count). The molecule has 11 heteroatoms. The molecule has 2 aromatic carbocycles. The number of amides is 1. The number of carbonyl (C=O) groups is 1. The first-order valence-corrected chi connectivity index (χ1v) is 11.8. The molecule has 1 aliphatic rings. The Morgan fingerprint density at radius 2 is 1.70 bits per heavy atom. The molecular weight excluding hydrogens is 459 g/mol. The van der Waals surface area contributed by atoms with Gasteiger partial charge in [-0.15, -0.1) is 0 Å². The predicted molar refractivity (Wildman–Crippen MR) is 116 cm³/mol. The first kappa shape index (κ1) is 25.2. The number of sulfonamides is 1. The summed E-state index contributed by atoms with van der Waals surface area (Å²) in [6, 6.07) is 13.1. The highest BCUT2D eigenvalue weighted by molar-refractivity contribution is 7.89. The van der Waals surface area contributed by atoms with E-state index >= 15 is 0 Å². The number of nitrogens with one attached hydrogen (secondary N) is 1. The van der Waals surface area contributed by atoms with Crippen LogP contribution in [0.25, 0.3) is 0 Å². The van der Waals surface area contributed by atoms with Crippen LogP contribution in [0.4, 0.5) is 13.2 Å². The fourth-order valence-electron chi connectivity index (χ4n) is 3.46. The smallest absolute Gasteiger partial charge is 0.379 e. The van der Waals surface area contributed by atoms with Crippen molar-refractivity contribution in [3.63, 3.8) is 0 Å². The third kappa shape index (κ3) is 7.26. The molecule has 0 radical (unpaired) electrons. The van der Waals surface area contributed by atoms with Crippen LogP contribution in [0, 0.1) is 0 Å². The molecule has 1 aliphatic heterocycles. The molecule has 0 aromatic heterocycles. The van der Waals surface area contributed by atoms with Crippen LogP contribution < -0.4 is 5.32 Å². The molecule has 0 spiro atoms. The Morgan fingerprint density at radius 1 is 1.06 bits per heavy atom. The molecule has 1 heterocycles. The minimum atomic E-state index is -4.46. The summed E-state index contributed by atoms with van der Waals surface area (Å²) in [5.41, 5.74) is 1.84. The van der Waals surface area contributed by atoms with Crippen molar-refractivity contribution in [2.75, 3.05) is 39.9 Å². The summed E-state index contributed by atoms with van der Waals surface area (Å²) in [5.74, 6) is -0.787. The van der Waals surface area contributed by atoms with E-state index in [1.165, 1.54) is 16.4 Å². The van der Waals surface area contributed by atoms with E-state index < -0.39 is 28.7 Å². The summed E-state index contributed by atoms with van der Waals surface area (Å²) in [5, 5.41) is 1.84. The highest BCUT2D eigenvalue weighted by Gasteiger charge is 2.28. The normalized spacial score (nSPS) is 15.5. The van der Waals surface area contributed by atoms with Crippen LogP contribution in [-0.2, 0) is 27.8 Å². The third-order valence-corrected chi connectivity index (χ3v) is 6.97. The van der Waals surface area contributed by atoms with E-state index in [1.54, 1.807) is 30.3 Å². The lowest BCUT2D eigenvalue weighted by Crippen LogP contribution is -2.40. The maximum absolute atomic E-state index is 12.9. The van der Waals surface area contributed by atoms with E-state index in [-0.39, 0.29) is 10.5 Å². The van der Waals surface area contributed by atoms with Gasteiger partial charge in [-0.2, -0.15) is 17.5 Å². The lowest BCUT2D eigenvalue weighted by atomic mass is 10.1. The Morgan fingerprint density at radius 3 is 2.33 bits per heavy atom. The van der Waals surface area contributed by atoms with Crippen molar-refractivity contribution in [2.24, 2.45) is 0 Å². The second kappa shape index (κ2) is 10.6. The maximum atomic E-state index is 12.9. The summed E-state index contributed by atoms with van der Waals surface area (Å²) < 4.78 is 69.1. The van der Waals surface area contributed by atoms with Gasteiger partial charge in [-0.25, -0.2) is 8.42 Å². The number of alkyl halides is 3. The molecule has 0 unspecified atom stereocenters. The third-order valence-electron chi connectivity index (χ3n) is 5.08. The number of benzene rings is 2. The second-order valence-corrected chi connectivity index (χ2v) is 9.77. The van der Waals surface area contributed by atoms with Gasteiger partial charge in [-0.1, -0.05) is 24.3 Å². The molecule has 1 fully saturated rings. The average molecular weight is 486 g/mol. The first-order valence-electron chi connectivity index (χ1n) is 10.3. The Balaban J connectivity index is 1.59. The van der Waals surface area contributed by atoms with Gasteiger partial charge in [0.25, 0.3) is 5.91 Å². The van der Waals surface area contributed by atoms with Gasteiger partial charge < -0.3 is 10.1 Å². The van der Waals surface area contributed by atoms with E-state index in [9.17, 15) is 26.4 Å². The van der Waals surface area contributed by atoms with Crippen molar-refractivity contribution in [3.8, 4) is 0 Å². The molecule has 0 atom stereocenters. The Kier molecular flexibility index (Phi) is 8.11. The molecule has 0 bridgehead atoms. The summed E-state index contributed by atoms with van der Waals surface area (Å²) in [7, 11) is -1.71. The zero-order chi connectivity index (χ0) is 24.1. The van der Waals surface area contributed by atoms with Crippen LogP contribution in [0.3, 0.4) is 0 Å². The van der Waals surface area contributed by atoms with Crippen LogP contribution in [0.2, 0.25) is 0 Å². The van der Waals surface area contributed by atoms with Crippen molar-refractivity contribution in [1.29, 1.82) is 0 Å². The number of nitrogens with zero attached hydrogens (tertiary/aromatic N) is 2. The van der Waals surface area contributed by atoms with Gasteiger partial charge in [0, 0.05) is 31.7 Å². The van der Waals surface area contributed by atoms with Crippen molar-refractivity contribution in [3.05, 3.63) is 65.2 Å². The van der Waals surface area contributed by atoms with Crippen LogP contribution in [0.1, 0.15) is 21.5 Å². The summed E-state index contributed by atoms with van der Waals surface area (Å²) in [6.07, 6.45) is -4.46. The van der Waals surface area contributed by atoms with E-state index in [1.807, 2.05) is 23.3 Å². The number of carbonyl (C=O) groups excluding carboxylic acids is 1. The summed E-state index contributed by atoms with van der Waals surface area (Å²) in [4.78, 5) is 14.0. The highest BCUT2D eigenvalue weighted by atomic mass is 32.2. The molecule has 0 saturated carbocycles. The van der Waals surface area contributed by atoms with Gasteiger partial charge >= 0.3 is 6.18 Å². The van der Waals surface area contributed by atoms with Crippen LogP contribution >= 0.6 is 0 Å². The van der Waals surface area contributed by atoms with E-state index in [4.69, 9.17) is 4.74 Å². The number of hydrogen-bond acceptors (Lipinski definition) is 5. The monoisotopic (exact) mass is 485 g/mol. The van der Waals surface area contributed by atoms with Crippen LogP contribution in [0.15, 0.2) is 53.4 Å². The standard InChI is InChI=1S/C22H26F3N3O4S/c1-27(14-17-5-7-19(8-6-17)21(29)26-16-22(23,24)25)15-18-3-2-4-20(13-18)33(30,31)28-9-11-32-12-10-28/h2-8,13H,9-12,14-16H2,1H3,(H,26,29). The average Bonchev–Trinajstić information content (AvgIpc) is 2.78. The highest BCUT2D eigenvalue weighted by Crippen LogP contribution is 2.19. The lowest BCUT2D eigenvalue weighted by Gasteiger charge is -2.26. The Bertz CT molecular complexity index is 1050. The van der Waals surface area contributed by atoms with Crippen molar-refractivity contribution in [2.45, 2.75) is 24.2 Å². The van der Waals surface area contributed by atoms with E-state index in [0.717, 1.165) is 11.1 Å². The molecule has 180 valence electrons. The van der Waals surface area contributed by atoms with Gasteiger partial charge in [-0.3, -0.25) is 9.69 Å². The molecule has 1 N–H and O–H groups in total. The number of rotatable bonds is 8. The van der Waals surface area contributed by atoms with Crippen LogP contribution in [0.5, 0.6) is 0 Å². The summed E-state index contributed by atoms with van der Waals surface area (Å²) >= 11 is 0. The van der Waals surface area contributed by atoms with Crippen LogP contribution in [-0.4, -0.2) is 69.6 Å². The van der Waals surface area contributed by atoms with Crippen molar-refractivity contribution < 1.29 is 31.1 Å². The number of hydrogen-bond donors (Lipinski definition) is 1. The van der Waals surface area contributed by atoms with E-state index in [2.05, 4.69) is 0 Å². The molecule has 2 aromatic rings. The number of ether oxygens (including phenoxy) is 1. The van der Waals surface area contributed by atoms with Gasteiger partial charge in [-0.05, 0) is 42.4 Å². The lowest BCUT2D eigenvalue weighted by molar-refractivity contribution is -0.123. The van der Waals surface area contributed by atoms with Crippen molar-refractivity contribution >= 4 is 15.9 Å². The topological polar surface area (TPSA) is 79.0 Å². The van der Waals surface area contributed by atoms with Crippen molar-refractivity contribution in [1.82, 2.24) is 14.5 Å². The maximum Gasteiger partial charge on any atom is 0.405 e. The molecule has 7 nitrogen and oxygen atoms in total. The minimum absolute atomic E-state index is 0.145. The Hall–Kier alpha value is -2.47. The fraction of sp³-hybridized carbons (Fsp3) is 0.409.